The first kappa shape index (κ1) is 27.2. The van der Waals surface area contributed by atoms with Crippen molar-refractivity contribution < 1.29 is 22.7 Å². The molecule has 0 unspecified atom stereocenters. The van der Waals surface area contributed by atoms with Gasteiger partial charge in [0.15, 0.2) is 0 Å². The maximum absolute atomic E-state index is 13.6. The summed E-state index contributed by atoms with van der Waals surface area (Å²) in [5.41, 5.74) is 1.11. The first-order chi connectivity index (χ1) is 16.2. The van der Waals surface area contributed by atoms with Gasteiger partial charge in [0.25, 0.3) is 0 Å². The van der Waals surface area contributed by atoms with Gasteiger partial charge in [-0.05, 0) is 30.5 Å². The van der Waals surface area contributed by atoms with Gasteiger partial charge in [0.1, 0.15) is 18.3 Å². The zero-order valence-corrected chi connectivity index (χ0v) is 21.2. The Labute approximate surface area is 202 Å². The maximum Gasteiger partial charge on any atom is 0.244 e. The third-order valence-electron chi connectivity index (χ3n) is 5.44. The molecule has 0 aliphatic rings. The van der Waals surface area contributed by atoms with Crippen LogP contribution in [0.2, 0.25) is 0 Å². The summed E-state index contributed by atoms with van der Waals surface area (Å²) >= 11 is 0. The van der Waals surface area contributed by atoms with Gasteiger partial charge in [-0.25, -0.2) is 8.42 Å². The number of hydrogen-bond donors (Lipinski definition) is 1. The van der Waals surface area contributed by atoms with Crippen molar-refractivity contribution >= 4 is 27.5 Å². The van der Waals surface area contributed by atoms with E-state index in [0.29, 0.717) is 18.7 Å². The third kappa shape index (κ3) is 7.48. The molecule has 0 bridgehead atoms. The molecule has 9 heteroatoms. The molecule has 8 nitrogen and oxygen atoms in total. The van der Waals surface area contributed by atoms with Crippen LogP contribution in [0.1, 0.15) is 38.7 Å². The van der Waals surface area contributed by atoms with Gasteiger partial charge < -0.3 is 15.0 Å². The van der Waals surface area contributed by atoms with Crippen molar-refractivity contribution in [3.05, 3.63) is 60.2 Å². The molecule has 0 radical (unpaired) electrons. The van der Waals surface area contributed by atoms with E-state index in [1.165, 1.54) is 12.0 Å². The van der Waals surface area contributed by atoms with Crippen molar-refractivity contribution in [1.82, 2.24) is 10.2 Å². The highest BCUT2D eigenvalue weighted by Gasteiger charge is 2.32. The molecule has 2 aromatic rings. The number of nitrogens with one attached hydrogen (secondary N) is 1. The standard InChI is InChI=1S/C25H35N3O5S/c1-5-7-17-26-25(30)21(6-2)27(18-20-13-9-8-10-14-20)24(29)19-28(34(4,31)32)22-15-11-12-16-23(22)33-3/h8-16,21H,5-7,17-19H2,1-4H3,(H,26,30)/t21-/m0/s1. The fourth-order valence-corrected chi connectivity index (χ4v) is 4.49. The molecule has 1 N–H and O–H groups in total. The van der Waals surface area contributed by atoms with Gasteiger partial charge in [0.2, 0.25) is 21.8 Å². The zero-order chi connectivity index (χ0) is 25.1. The van der Waals surface area contributed by atoms with E-state index in [1.54, 1.807) is 24.3 Å². The van der Waals surface area contributed by atoms with Crippen LogP contribution in [0.3, 0.4) is 0 Å². The summed E-state index contributed by atoms with van der Waals surface area (Å²) in [6, 6.07) is 15.2. The second kappa shape index (κ2) is 13.0. The van der Waals surface area contributed by atoms with Crippen LogP contribution in [0, 0.1) is 0 Å². The average molecular weight is 490 g/mol. The first-order valence-electron chi connectivity index (χ1n) is 11.4. The number of sulfonamides is 1. The molecule has 0 saturated carbocycles. The van der Waals surface area contributed by atoms with E-state index in [2.05, 4.69) is 5.32 Å². The van der Waals surface area contributed by atoms with Crippen LogP contribution < -0.4 is 14.4 Å². The summed E-state index contributed by atoms with van der Waals surface area (Å²) in [5.74, 6) is -0.388. The molecule has 0 saturated heterocycles. The predicted octanol–water partition coefficient (Wildman–Crippen LogP) is 3.18. The zero-order valence-electron chi connectivity index (χ0n) is 20.4. The number of para-hydroxylation sites is 2. The Bertz CT molecular complexity index is 1040. The van der Waals surface area contributed by atoms with Crippen LogP contribution in [0.4, 0.5) is 5.69 Å². The molecule has 2 amide bonds. The van der Waals surface area contributed by atoms with Crippen molar-refractivity contribution in [3.63, 3.8) is 0 Å². The number of unbranched alkanes of at least 4 members (excludes halogenated alkanes) is 1. The SMILES string of the molecule is CCCCNC(=O)[C@H](CC)N(Cc1ccccc1)C(=O)CN(c1ccccc1OC)S(C)(=O)=O. The quantitative estimate of drug-likeness (QED) is 0.436. The number of nitrogens with zero attached hydrogens (tertiary/aromatic N) is 2. The smallest absolute Gasteiger partial charge is 0.244 e. The summed E-state index contributed by atoms with van der Waals surface area (Å²) in [7, 11) is -2.38. The average Bonchev–Trinajstić information content (AvgIpc) is 2.82. The Morgan fingerprint density at radius 1 is 1.03 bits per heavy atom. The Morgan fingerprint density at radius 3 is 2.26 bits per heavy atom. The second-order valence-electron chi connectivity index (χ2n) is 8.02. The van der Waals surface area contributed by atoms with Crippen LogP contribution in [0.5, 0.6) is 5.75 Å². The van der Waals surface area contributed by atoms with Gasteiger partial charge in [-0.1, -0.05) is 62.7 Å². The Morgan fingerprint density at radius 2 is 1.68 bits per heavy atom. The fourth-order valence-electron chi connectivity index (χ4n) is 3.64. The van der Waals surface area contributed by atoms with Crippen LogP contribution in [-0.4, -0.2) is 57.6 Å². The van der Waals surface area contributed by atoms with Crippen LogP contribution >= 0.6 is 0 Å². The third-order valence-corrected chi connectivity index (χ3v) is 6.57. The van der Waals surface area contributed by atoms with E-state index in [4.69, 9.17) is 4.74 Å². The number of amides is 2. The van der Waals surface area contributed by atoms with E-state index in [9.17, 15) is 18.0 Å². The summed E-state index contributed by atoms with van der Waals surface area (Å²) in [5, 5.41) is 2.90. The van der Waals surface area contributed by atoms with Crippen LogP contribution in [0.15, 0.2) is 54.6 Å². The summed E-state index contributed by atoms with van der Waals surface area (Å²) in [6.07, 6.45) is 3.21. The maximum atomic E-state index is 13.6. The molecule has 1 atom stereocenters. The Balaban J connectivity index is 2.41. The van der Waals surface area contributed by atoms with Gasteiger partial charge >= 0.3 is 0 Å². The van der Waals surface area contributed by atoms with Crippen molar-refractivity contribution in [2.75, 3.05) is 30.8 Å². The summed E-state index contributed by atoms with van der Waals surface area (Å²) in [4.78, 5) is 28.1. The topological polar surface area (TPSA) is 96.0 Å². The lowest BCUT2D eigenvalue weighted by atomic mass is 10.1. The Hall–Kier alpha value is -3.07. The van der Waals surface area contributed by atoms with E-state index in [0.717, 1.165) is 29.0 Å². The van der Waals surface area contributed by atoms with E-state index in [-0.39, 0.29) is 18.1 Å². The second-order valence-corrected chi connectivity index (χ2v) is 9.92. The minimum atomic E-state index is -3.82. The normalized spacial score (nSPS) is 12.0. The number of ether oxygens (including phenoxy) is 1. The minimum Gasteiger partial charge on any atom is -0.495 e. The fraction of sp³-hybridized carbons (Fsp3) is 0.440. The molecular weight excluding hydrogens is 454 g/mol. The largest absolute Gasteiger partial charge is 0.495 e. The molecule has 0 spiro atoms. The predicted molar refractivity (Wildman–Crippen MR) is 134 cm³/mol. The lowest BCUT2D eigenvalue weighted by molar-refractivity contribution is -0.140. The number of methoxy groups -OCH3 is 1. The minimum absolute atomic E-state index is 0.183. The van der Waals surface area contributed by atoms with E-state index >= 15 is 0 Å². The van der Waals surface area contributed by atoms with Gasteiger partial charge in [0, 0.05) is 13.1 Å². The number of benzene rings is 2. The molecule has 2 aromatic carbocycles. The monoisotopic (exact) mass is 489 g/mol. The molecule has 0 heterocycles. The molecule has 34 heavy (non-hydrogen) atoms. The van der Waals surface area contributed by atoms with Crippen molar-refractivity contribution in [1.29, 1.82) is 0 Å². The number of anilines is 1. The number of rotatable bonds is 13. The summed E-state index contributed by atoms with van der Waals surface area (Å²) in [6.45, 7) is 4.12. The van der Waals surface area contributed by atoms with Crippen LogP contribution in [-0.2, 0) is 26.2 Å². The number of carbonyl (C=O) groups excluding carboxylic acids is 2. The lowest BCUT2D eigenvalue weighted by Crippen LogP contribution is -2.52. The van der Waals surface area contributed by atoms with Gasteiger partial charge in [-0.3, -0.25) is 13.9 Å². The lowest BCUT2D eigenvalue weighted by Gasteiger charge is -2.33. The number of carbonyl (C=O) groups is 2. The highest BCUT2D eigenvalue weighted by molar-refractivity contribution is 7.92. The molecule has 0 fully saturated rings. The first-order valence-corrected chi connectivity index (χ1v) is 13.3. The molecule has 0 aliphatic carbocycles. The van der Waals surface area contributed by atoms with Crippen molar-refractivity contribution in [3.8, 4) is 5.75 Å². The molecule has 0 aliphatic heterocycles. The van der Waals surface area contributed by atoms with Crippen molar-refractivity contribution in [2.24, 2.45) is 0 Å². The molecule has 0 aromatic heterocycles. The molecule has 2 rings (SSSR count). The molecular formula is C25H35N3O5S. The number of hydrogen-bond acceptors (Lipinski definition) is 5. The molecule has 186 valence electrons. The highest BCUT2D eigenvalue weighted by atomic mass is 32.2. The van der Waals surface area contributed by atoms with E-state index < -0.39 is 28.5 Å². The van der Waals surface area contributed by atoms with Gasteiger partial charge in [-0.2, -0.15) is 0 Å². The Kier molecular flexibility index (Phi) is 10.4. The van der Waals surface area contributed by atoms with Gasteiger partial charge in [0.05, 0.1) is 19.1 Å². The van der Waals surface area contributed by atoms with Crippen molar-refractivity contribution in [2.45, 2.75) is 45.7 Å². The van der Waals surface area contributed by atoms with Crippen LogP contribution in [0.25, 0.3) is 0 Å². The summed E-state index contributed by atoms with van der Waals surface area (Å²) < 4.78 is 31.7. The van der Waals surface area contributed by atoms with Gasteiger partial charge in [-0.15, -0.1) is 0 Å². The van der Waals surface area contributed by atoms with E-state index in [1.807, 2.05) is 44.2 Å². The highest BCUT2D eigenvalue weighted by Crippen LogP contribution is 2.29.